The van der Waals surface area contributed by atoms with E-state index in [9.17, 15) is 8.42 Å². The minimum absolute atomic E-state index is 0.0622. The van der Waals surface area contributed by atoms with Gasteiger partial charge in [0.15, 0.2) is 0 Å². The monoisotopic (exact) mass is 277 g/mol. The van der Waals surface area contributed by atoms with Crippen LogP contribution in [0.15, 0.2) is 24.3 Å². The van der Waals surface area contributed by atoms with Crippen LogP contribution in [-0.4, -0.2) is 27.2 Å². The Hall–Kier alpha value is -0.780. The van der Waals surface area contributed by atoms with Crippen LogP contribution in [0, 0.1) is 0 Å². The summed E-state index contributed by atoms with van der Waals surface area (Å²) in [5.74, 6) is 1.16. The van der Waals surface area contributed by atoms with Crippen molar-refractivity contribution in [2.75, 3.05) is 18.7 Å². The Morgan fingerprint density at radius 3 is 2.47 bits per heavy atom. The van der Waals surface area contributed by atoms with Crippen LogP contribution in [0.2, 0.25) is 0 Å². The molecule has 0 spiro atoms. The summed E-state index contributed by atoms with van der Waals surface area (Å²) in [5, 5.41) is 0. The third-order valence-corrected chi connectivity index (χ3v) is 3.88. The van der Waals surface area contributed by atoms with E-state index in [0.29, 0.717) is 12.3 Å². The van der Waals surface area contributed by atoms with Gasteiger partial charge < -0.3 is 4.74 Å². The molecule has 0 aromatic heterocycles. The quantitative estimate of drug-likeness (QED) is 0.773. The van der Waals surface area contributed by atoms with E-state index < -0.39 is 10.0 Å². The Kier molecular flexibility index (Phi) is 5.74. The van der Waals surface area contributed by atoms with E-state index >= 15 is 0 Å². The molecular weight excluding hydrogens is 262 g/mol. The fourth-order valence-corrected chi connectivity index (χ4v) is 2.60. The van der Waals surface area contributed by atoms with Crippen molar-refractivity contribution in [2.24, 2.45) is 0 Å². The third kappa shape index (κ3) is 5.39. The molecule has 1 aromatic carbocycles. The molecule has 0 fully saturated rings. The molecule has 0 amide bonds. The average Bonchev–Trinajstić information content (AvgIpc) is 2.35. The number of halogens is 1. The normalized spacial score (nSPS) is 11.4. The van der Waals surface area contributed by atoms with Crippen molar-refractivity contribution in [3.8, 4) is 5.75 Å². The van der Waals surface area contributed by atoms with Gasteiger partial charge in [-0.05, 0) is 24.1 Å². The summed E-state index contributed by atoms with van der Waals surface area (Å²) in [6.45, 7) is 0.286. The number of rotatable bonds is 7. The molecule has 1 N–H and O–H groups in total. The van der Waals surface area contributed by atoms with Crippen LogP contribution in [-0.2, 0) is 16.6 Å². The van der Waals surface area contributed by atoms with Crippen molar-refractivity contribution in [2.45, 2.75) is 13.0 Å². The Morgan fingerprint density at radius 2 is 1.94 bits per heavy atom. The summed E-state index contributed by atoms with van der Waals surface area (Å²) in [6, 6.07) is 7.23. The van der Waals surface area contributed by atoms with Gasteiger partial charge in [0, 0.05) is 12.4 Å². The fourth-order valence-electron chi connectivity index (χ4n) is 1.25. The molecular formula is C11H16ClNO3S. The van der Waals surface area contributed by atoms with Crippen LogP contribution >= 0.6 is 11.6 Å². The molecule has 1 rings (SSSR count). The summed E-state index contributed by atoms with van der Waals surface area (Å²) in [4.78, 5) is 0. The van der Waals surface area contributed by atoms with E-state index in [1.165, 1.54) is 0 Å². The molecule has 0 bridgehead atoms. The summed E-state index contributed by atoms with van der Waals surface area (Å²) in [6.07, 6.45) is 0.458. The third-order valence-electron chi connectivity index (χ3n) is 2.20. The maximum Gasteiger partial charge on any atom is 0.211 e. The van der Waals surface area contributed by atoms with Gasteiger partial charge in [0.05, 0.1) is 12.9 Å². The number of sulfonamides is 1. The average molecular weight is 278 g/mol. The molecule has 6 heteroatoms. The highest BCUT2D eigenvalue weighted by atomic mass is 35.5. The Morgan fingerprint density at radius 1 is 1.29 bits per heavy atom. The van der Waals surface area contributed by atoms with Crippen LogP contribution in [0.25, 0.3) is 0 Å². The number of ether oxygens (including phenoxy) is 1. The SMILES string of the molecule is COc1ccc(CNS(=O)(=O)CCCCl)cc1. The van der Waals surface area contributed by atoms with Crippen molar-refractivity contribution < 1.29 is 13.2 Å². The predicted molar refractivity (Wildman–Crippen MR) is 69.0 cm³/mol. The molecule has 0 heterocycles. The first kappa shape index (κ1) is 14.3. The molecule has 0 aliphatic rings. The zero-order chi connectivity index (χ0) is 12.7. The second-order valence-corrected chi connectivity index (χ2v) is 5.83. The number of hydrogen-bond acceptors (Lipinski definition) is 3. The Labute approximate surface area is 107 Å². The molecule has 0 aliphatic heterocycles. The number of methoxy groups -OCH3 is 1. The minimum Gasteiger partial charge on any atom is -0.497 e. The number of hydrogen-bond donors (Lipinski definition) is 1. The maximum atomic E-state index is 11.5. The van der Waals surface area contributed by atoms with E-state index in [2.05, 4.69) is 4.72 Å². The van der Waals surface area contributed by atoms with Crippen LogP contribution in [0.1, 0.15) is 12.0 Å². The zero-order valence-corrected chi connectivity index (χ0v) is 11.2. The molecule has 0 radical (unpaired) electrons. The summed E-state index contributed by atoms with van der Waals surface area (Å²) < 4.78 is 30.5. The lowest BCUT2D eigenvalue weighted by Gasteiger charge is -2.06. The first-order valence-electron chi connectivity index (χ1n) is 5.23. The zero-order valence-electron chi connectivity index (χ0n) is 9.65. The summed E-state index contributed by atoms with van der Waals surface area (Å²) in [5.41, 5.74) is 0.889. The van der Waals surface area contributed by atoms with Gasteiger partial charge in [-0.25, -0.2) is 13.1 Å². The predicted octanol–water partition coefficient (Wildman–Crippen LogP) is 1.74. The summed E-state index contributed by atoms with van der Waals surface area (Å²) >= 11 is 5.45. The second kappa shape index (κ2) is 6.83. The Balaban J connectivity index is 2.49. The molecule has 1 aromatic rings. The molecule has 4 nitrogen and oxygen atoms in total. The van der Waals surface area contributed by atoms with E-state index in [1.807, 2.05) is 12.1 Å². The van der Waals surface area contributed by atoms with Crippen molar-refractivity contribution in [1.82, 2.24) is 4.72 Å². The second-order valence-electron chi connectivity index (χ2n) is 3.53. The van der Waals surface area contributed by atoms with Crippen LogP contribution < -0.4 is 9.46 Å². The van der Waals surface area contributed by atoms with Gasteiger partial charge in [0.2, 0.25) is 10.0 Å². The van der Waals surface area contributed by atoms with Gasteiger partial charge >= 0.3 is 0 Å². The van der Waals surface area contributed by atoms with Gasteiger partial charge in [-0.2, -0.15) is 0 Å². The fraction of sp³-hybridized carbons (Fsp3) is 0.455. The summed E-state index contributed by atoms with van der Waals surface area (Å²) in [7, 11) is -1.64. The molecule has 0 aliphatic carbocycles. The van der Waals surface area contributed by atoms with E-state index in [1.54, 1.807) is 19.2 Å². The van der Waals surface area contributed by atoms with Crippen LogP contribution in [0.3, 0.4) is 0 Å². The molecule has 0 saturated heterocycles. The van der Waals surface area contributed by atoms with Gasteiger partial charge in [-0.15, -0.1) is 11.6 Å². The minimum atomic E-state index is -3.22. The standard InChI is InChI=1S/C11H16ClNO3S/c1-16-11-5-3-10(4-6-11)9-13-17(14,15)8-2-7-12/h3-6,13H,2,7-9H2,1H3. The highest BCUT2D eigenvalue weighted by Crippen LogP contribution is 2.11. The van der Waals surface area contributed by atoms with Gasteiger partial charge in [0.25, 0.3) is 0 Å². The first-order valence-corrected chi connectivity index (χ1v) is 7.42. The van der Waals surface area contributed by atoms with Crippen LogP contribution in [0.4, 0.5) is 0 Å². The Bertz CT molecular complexity index is 431. The van der Waals surface area contributed by atoms with Crippen molar-refractivity contribution in [3.63, 3.8) is 0 Å². The number of alkyl halides is 1. The molecule has 96 valence electrons. The lowest BCUT2D eigenvalue weighted by atomic mass is 10.2. The van der Waals surface area contributed by atoms with Gasteiger partial charge in [-0.1, -0.05) is 12.1 Å². The molecule has 0 atom stereocenters. The van der Waals surface area contributed by atoms with E-state index in [4.69, 9.17) is 16.3 Å². The van der Waals surface area contributed by atoms with Crippen molar-refractivity contribution >= 4 is 21.6 Å². The number of benzene rings is 1. The molecule has 0 saturated carbocycles. The largest absolute Gasteiger partial charge is 0.497 e. The van der Waals surface area contributed by atoms with Gasteiger partial charge in [-0.3, -0.25) is 0 Å². The smallest absolute Gasteiger partial charge is 0.211 e. The lowest BCUT2D eigenvalue weighted by Crippen LogP contribution is -2.26. The maximum absolute atomic E-state index is 11.5. The van der Waals surface area contributed by atoms with Crippen LogP contribution in [0.5, 0.6) is 5.75 Å². The first-order chi connectivity index (χ1) is 8.07. The molecule has 0 unspecified atom stereocenters. The topological polar surface area (TPSA) is 55.4 Å². The van der Waals surface area contributed by atoms with E-state index in [0.717, 1.165) is 11.3 Å². The number of nitrogens with one attached hydrogen (secondary N) is 1. The van der Waals surface area contributed by atoms with Gasteiger partial charge in [0.1, 0.15) is 5.75 Å². The highest BCUT2D eigenvalue weighted by Gasteiger charge is 2.08. The molecule has 17 heavy (non-hydrogen) atoms. The lowest BCUT2D eigenvalue weighted by molar-refractivity contribution is 0.414. The van der Waals surface area contributed by atoms with E-state index in [-0.39, 0.29) is 12.3 Å². The van der Waals surface area contributed by atoms with Crippen molar-refractivity contribution in [3.05, 3.63) is 29.8 Å². The highest BCUT2D eigenvalue weighted by molar-refractivity contribution is 7.89. The van der Waals surface area contributed by atoms with Crippen molar-refractivity contribution in [1.29, 1.82) is 0 Å².